The minimum Gasteiger partial charge on any atom is -0.401 e. The van der Waals surface area contributed by atoms with Gasteiger partial charge in [0, 0.05) is 28.2 Å². The van der Waals surface area contributed by atoms with Crippen LogP contribution in [0.1, 0.15) is 21.3 Å². The first-order valence-electron chi connectivity index (χ1n) is 8.07. The van der Waals surface area contributed by atoms with E-state index in [1.54, 1.807) is 4.57 Å². The second kappa shape index (κ2) is 4.97. The Morgan fingerprint density at radius 2 is 1.65 bits per heavy atom. The van der Waals surface area contributed by atoms with Crippen molar-refractivity contribution in [1.82, 2.24) is 0 Å². The maximum atomic E-state index is 7.82. The standard InChI is InChI=1S/C18H18NO/c1-13-9-7-8-12-17(13)19-14(2)18(20-15(19)3)16-10-5-4-6-11-16/h4-12H,1-3H3/q+1/i3D3. The number of rotatable bonds is 2. The zero-order valence-electron chi connectivity index (χ0n) is 14.6. The predicted molar refractivity (Wildman–Crippen MR) is 79.9 cm³/mol. The second-order valence-corrected chi connectivity index (χ2v) is 4.81. The molecule has 0 aliphatic carbocycles. The molecule has 0 amide bonds. The molecular formula is C18H18NO+. The zero-order valence-corrected chi connectivity index (χ0v) is 11.6. The highest BCUT2D eigenvalue weighted by molar-refractivity contribution is 5.58. The normalized spacial score (nSPS) is 13.6. The third-order valence-electron chi connectivity index (χ3n) is 3.46. The van der Waals surface area contributed by atoms with Crippen LogP contribution in [0.3, 0.4) is 0 Å². The Morgan fingerprint density at radius 3 is 2.35 bits per heavy atom. The molecule has 0 spiro atoms. The predicted octanol–water partition coefficient (Wildman–Crippen LogP) is 4.15. The van der Waals surface area contributed by atoms with E-state index in [0.29, 0.717) is 5.76 Å². The summed E-state index contributed by atoms with van der Waals surface area (Å²) in [5.74, 6) is 0.558. The average Bonchev–Trinajstić information content (AvgIpc) is 2.86. The molecule has 1 heterocycles. The SMILES string of the molecule is [2H]C([2H])([2H])c1oc(-c2ccccc2)c(C)[n+]1-c1ccccc1C. The van der Waals surface area contributed by atoms with E-state index < -0.39 is 6.85 Å². The van der Waals surface area contributed by atoms with Crippen molar-refractivity contribution in [2.24, 2.45) is 0 Å². The smallest absolute Gasteiger partial charge is 0.350 e. The van der Waals surface area contributed by atoms with Gasteiger partial charge in [-0.2, -0.15) is 0 Å². The monoisotopic (exact) mass is 267 g/mol. The summed E-state index contributed by atoms with van der Waals surface area (Å²) in [4.78, 5) is 0. The Kier molecular flexibility index (Phi) is 2.37. The summed E-state index contributed by atoms with van der Waals surface area (Å²) in [6.45, 7) is 1.51. The molecule has 0 radical (unpaired) electrons. The number of nitrogens with zero attached hydrogens (tertiary/aromatic N) is 1. The third-order valence-corrected chi connectivity index (χ3v) is 3.46. The number of hydrogen-bond donors (Lipinski definition) is 0. The van der Waals surface area contributed by atoms with Crippen LogP contribution in [0.5, 0.6) is 0 Å². The lowest BCUT2D eigenvalue weighted by Crippen LogP contribution is -2.35. The molecule has 2 heteroatoms. The van der Waals surface area contributed by atoms with Crippen molar-refractivity contribution in [2.45, 2.75) is 20.7 Å². The molecule has 2 nitrogen and oxygen atoms in total. The zero-order chi connectivity index (χ0) is 16.6. The Morgan fingerprint density at radius 1 is 0.950 bits per heavy atom. The van der Waals surface area contributed by atoms with Crippen molar-refractivity contribution < 1.29 is 13.1 Å². The van der Waals surface area contributed by atoms with Crippen molar-refractivity contribution in [3.8, 4) is 17.0 Å². The molecule has 2 aromatic carbocycles. The first kappa shape index (κ1) is 9.54. The van der Waals surface area contributed by atoms with Gasteiger partial charge >= 0.3 is 5.89 Å². The van der Waals surface area contributed by atoms with Crippen LogP contribution in [-0.2, 0) is 0 Å². The Balaban J connectivity index is 2.31. The van der Waals surface area contributed by atoms with E-state index in [1.807, 2.05) is 68.4 Å². The van der Waals surface area contributed by atoms with Crippen molar-refractivity contribution in [2.75, 3.05) is 0 Å². The maximum absolute atomic E-state index is 7.82. The number of aryl methyl sites for hydroxylation is 2. The minimum atomic E-state index is -2.33. The summed E-state index contributed by atoms with van der Waals surface area (Å²) in [6, 6.07) is 17.3. The van der Waals surface area contributed by atoms with Crippen LogP contribution in [0.4, 0.5) is 0 Å². The molecule has 0 saturated heterocycles. The van der Waals surface area contributed by atoms with Crippen molar-refractivity contribution in [3.63, 3.8) is 0 Å². The van der Waals surface area contributed by atoms with Crippen molar-refractivity contribution in [3.05, 3.63) is 71.7 Å². The van der Waals surface area contributed by atoms with Crippen LogP contribution in [0.15, 0.2) is 59.0 Å². The van der Waals surface area contributed by atoms with Gasteiger partial charge in [0.15, 0.2) is 0 Å². The summed E-state index contributed by atoms with van der Waals surface area (Å²) < 4.78 is 31.0. The number of benzene rings is 2. The number of para-hydroxylation sites is 1. The summed E-state index contributed by atoms with van der Waals surface area (Å²) in [5.41, 5.74) is 3.45. The summed E-state index contributed by atoms with van der Waals surface area (Å²) >= 11 is 0. The Bertz CT molecular complexity index is 835. The molecule has 3 rings (SSSR count). The summed E-state index contributed by atoms with van der Waals surface area (Å²) in [5, 5.41) is 0. The fourth-order valence-electron chi connectivity index (χ4n) is 2.43. The van der Waals surface area contributed by atoms with Gasteiger partial charge in [-0.25, -0.2) is 0 Å². The number of hydrogen-bond acceptors (Lipinski definition) is 1. The van der Waals surface area contributed by atoms with Gasteiger partial charge in [-0.3, -0.25) is 0 Å². The highest BCUT2D eigenvalue weighted by atomic mass is 16.4. The fourth-order valence-corrected chi connectivity index (χ4v) is 2.43. The van der Waals surface area contributed by atoms with Gasteiger partial charge in [0.1, 0.15) is 0 Å². The lowest BCUT2D eigenvalue weighted by Gasteiger charge is -1.99. The van der Waals surface area contributed by atoms with Gasteiger partial charge in [-0.1, -0.05) is 48.5 Å². The van der Waals surface area contributed by atoms with Crippen LogP contribution in [0.25, 0.3) is 17.0 Å². The average molecular weight is 267 g/mol. The van der Waals surface area contributed by atoms with Crippen LogP contribution < -0.4 is 4.57 Å². The molecule has 0 N–H and O–H groups in total. The van der Waals surface area contributed by atoms with Crippen molar-refractivity contribution >= 4 is 0 Å². The molecule has 0 aliphatic rings. The van der Waals surface area contributed by atoms with E-state index in [2.05, 4.69) is 0 Å². The van der Waals surface area contributed by atoms with Crippen LogP contribution >= 0.6 is 0 Å². The lowest BCUT2D eigenvalue weighted by atomic mass is 10.1. The van der Waals surface area contributed by atoms with E-state index in [1.165, 1.54) is 0 Å². The Hall–Kier alpha value is -2.35. The highest BCUT2D eigenvalue weighted by Crippen LogP contribution is 2.24. The quantitative estimate of drug-likeness (QED) is 0.637. The molecule has 100 valence electrons. The molecular weight excluding hydrogens is 246 g/mol. The minimum absolute atomic E-state index is 0.0249. The third kappa shape index (κ3) is 2.03. The second-order valence-electron chi connectivity index (χ2n) is 4.81. The lowest BCUT2D eigenvalue weighted by molar-refractivity contribution is -0.613. The summed E-state index contributed by atoms with van der Waals surface area (Å²) in [7, 11) is 0. The Labute approximate surface area is 123 Å². The largest absolute Gasteiger partial charge is 0.401 e. The molecule has 0 saturated carbocycles. The van der Waals surface area contributed by atoms with Crippen molar-refractivity contribution in [1.29, 1.82) is 0 Å². The molecule has 0 unspecified atom stereocenters. The topological polar surface area (TPSA) is 17.0 Å². The van der Waals surface area contributed by atoms with Gasteiger partial charge < -0.3 is 4.42 Å². The van der Waals surface area contributed by atoms with E-state index >= 15 is 0 Å². The van der Waals surface area contributed by atoms with E-state index in [0.717, 1.165) is 22.5 Å². The maximum Gasteiger partial charge on any atom is 0.350 e. The van der Waals surface area contributed by atoms with Crippen LogP contribution in [0.2, 0.25) is 0 Å². The molecule has 3 aromatic rings. The molecule has 1 aromatic heterocycles. The molecule has 0 atom stereocenters. The fraction of sp³-hybridized carbons (Fsp3) is 0.167. The van der Waals surface area contributed by atoms with Crippen LogP contribution in [-0.4, -0.2) is 0 Å². The van der Waals surface area contributed by atoms with Gasteiger partial charge in [-0.15, -0.1) is 4.57 Å². The summed E-state index contributed by atoms with van der Waals surface area (Å²) in [6.07, 6.45) is 0. The van der Waals surface area contributed by atoms with E-state index in [9.17, 15) is 0 Å². The molecule has 0 bridgehead atoms. The highest BCUT2D eigenvalue weighted by Gasteiger charge is 2.26. The van der Waals surface area contributed by atoms with E-state index in [4.69, 9.17) is 8.53 Å². The van der Waals surface area contributed by atoms with Gasteiger partial charge in [0.25, 0.3) is 0 Å². The molecule has 0 aliphatic heterocycles. The molecule has 0 fully saturated rings. The molecule has 20 heavy (non-hydrogen) atoms. The first-order valence-corrected chi connectivity index (χ1v) is 6.57. The van der Waals surface area contributed by atoms with Gasteiger partial charge in [0.05, 0.1) is 6.85 Å². The number of oxazole rings is 1. The first-order chi connectivity index (χ1) is 10.9. The number of aromatic nitrogens is 1. The van der Waals surface area contributed by atoms with E-state index in [-0.39, 0.29) is 5.89 Å². The van der Waals surface area contributed by atoms with Gasteiger partial charge in [-0.05, 0) is 6.92 Å². The van der Waals surface area contributed by atoms with Crippen LogP contribution in [0, 0.1) is 20.7 Å². The van der Waals surface area contributed by atoms with Gasteiger partial charge in [0.2, 0.25) is 17.1 Å².